The Balaban J connectivity index is 1.52. The molecule has 0 atom stereocenters. The summed E-state index contributed by atoms with van der Waals surface area (Å²) in [6.45, 7) is 2.10. The second-order valence-electron chi connectivity index (χ2n) is 10.9. The Kier molecular flexibility index (Phi) is 5.16. The lowest BCUT2D eigenvalue weighted by Crippen LogP contribution is -2.30. The van der Waals surface area contributed by atoms with Crippen molar-refractivity contribution in [3.8, 4) is 22.4 Å². The van der Waals surface area contributed by atoms with Gasteiger partial charge in [0.15, 0.2) is 6.20 Å². The highest BCUT2D eigenvalue weighted by molar-refractivity contribution is 6.13. The Bertz CT molecular complexity index is 1730. The van der Waals surface area contributed by atoms with Crippen molar-refractivity contribution in [2.45, 2.75) is 64.2 Å². The van der Waals surface area contributed by atoms with E-state index in [1.807, 2.05) is 31.4 Å². The van der Waals surface area contributed by atoms with Gasteiger partial charge in [-0.05, 0) is 97.4 Å². The van der Waals surface area contributed by atoms with Crippen molar-refractivity contribution in [2.75, 3.05) is 0 Å². The smallest absolute Gasteiger partial charge is 0.216 e. The van der Waals surface area contributed by atoms with Crippen molar-refractivity contribution >= 4 is 21.9 Å². The van der Waals surface area contributed by atoms with E-state index in [0.717, 1.165) is 89.2 Å². The van der Waals surface area contributed by atoms with E-state index in [4.69, 9.17) is 4.42 Å². The van der Waals surface area contributed by atoms with Crippen molar-refractivity contribution in [1.82, 2.24) is 0 Å². The zero-order valence-electron chi connectivity index (χ0n) is 22.7. The minimum atomic E-state index is -0.567. The molecule has 0 unspecified atom stereocenters. The minimum Gasteiger partial charge on any atom is -0.454 e. The van der Waals surface area contributed by atoms with Crippen LogP contribution in [0.25, 0.3) is 44.3 Å². The number of nitrogens with zero attached hydrogens (tertiary/aromatic N) is 1. The zero-order valence-corrected chi connectivity index (χ0v) is 21.7. The second-order valence-corrected chi connectivity index (χ2v) is 10.9. The Morgan fingerprint density at radius 1 is 0.892 bits per heavy atom. The van der Waals surface area contributed by atoms with Crippen LogP contribution >= 0.6 is 0 Å². The first kappa shape index (κ1) is 21.6. The molecule has 0 aliphatic heterocycles. The van der Waals surface area contributed by atoms with E-state index < -0.39 is 5.89 Å². The van der Waals surface area contributed by atoms with E-state index in [1.54, 1.807) is 6.07 Å². The molecule has 0 radical (unpaired) electrons. The first-order chi connectivity index (χ1) is 18.4. The van der Waals surface area contributed by atoms with Crippen LogP contribution in [0.2, 0.25) is 0 Å². The number of rotatable bonds is 3. The average Bonchev–Trinajstić information content (AvgIpc) is 3.53. The number of halogens is 1. The molecule has 5 aromatic rings. The lowest BCUT2D eigenvalue weighted by atomic mass is 9.80. The van der Waals surface area contributed by atoms with Gasteiger partial charge in [0.1, 0.15) is 24.0 Å². The highest BCUT2D eigenvalue weighted by Gasteiger charge is 2.27. The first-order valence-corrected chi connectivity index (χ1v) is 13.7. The molecule has 37 heavy (non-hydrogen) atoms. The van der Waals surface area contributed by atoms with Gasteiger partial charge in [-0.25, -0.2) is 8.96 Å². The van der Waals surface area contributed by atoms with Crippen LogP contribution in [0.4, 0.5) is 4.39 Å². The highest BCUT2D eigenvalue weighted by Crippen LogP contribution is 2.45. The van der Waals surface area contributed by atoms with E-state index in [2.05, 4.69) is 41.8 Å². The Morgan fingerprint density at radius 2 is 1.65 bits per heavy atom. The number of hydrogen-bond acceptors (Lipinski definition) is 1. The Morgan fingerprint density at radius 3 is 2.46 bits per heavy atom. The molecule has 1 saturated carbocycles. The van der Waals surface area contributed by atoms with Gasteiger partial charge in [0.05, 0.1) is 11.1 Å². The van der Waals surface area contributed by atoms with Gasteiger partial charge in [-0.3, -0.25) is 0 Å². The van der Waals surface area contributed by atoms with E-state index in [9.17, 15) is 1.37 Å². The number of aryl methyl sites for hydroxylation is 3. The number of fused-ring (bicyclic) bond motifs is 4. The van der Waals surface area contributed by atoms with Gasteiger partial charge in [-0.2, -0.15) is 0 Å². The largest absolute Gasteiger partial charge is 0.454 e. The van der Waals surface area contributed by atoms with Crippen LogP contribution < -0.4 is 4.57 Å². The summed E-state index contributed by atoms with van der Waals surface area (Å²) in [5, 5.41) is 1.92. The molecule has 186 valence electrons. The molecule has 0 spiro atoms. The van der Waals surface area contributed by atoms with Crippen LogP contribution in [0.3, 0.4) is 0 Å². The third-order valence-electron chi connectivity index (χ3n) is 8.62. The van der Waals surface area contributed by atoms with Crippen LogP contribution in [0.5, 0.6) is 0 Å². The van der Waals surface area contributed by atoms with E-state index in [-0.39, 0.29) is 5.82 Å². The fraction of sp³-hybridized carbons (Fsp3) is 0.324. The molecule has 0 bridgehead atoms. The van der Waals surface area contributed by atoms with Crippen molar-refractivity contribution in [2.24, 2.45) is 7.05 Å². The molecule has 3 heteroatoms. The fourth-order valence-corrected chi connectivity index (χ4v) is 6.75. The Hall–Kier alpha value is -3.46. The van der Waals surface area contributed by atoms with E-state index >= 15 is 4.39 Å². The minimum absolute atomic E-state index is 0.271. The summed E-state index contributed by atoms with van der Waals surface area (Å²) < 4.78 is 34.0. The Labute approximate surface area is 219 Å². The summed E-state index contributed by atoms with van der Waals surface area (Å²) >= 11 is 0. The monoisotopic (exact) mass is 491 g/mol. The molecule has 2 aliphatic carbocycles. The molecular formula is C34H33FNO+. The van der Waals surface area contributed by atoms with Crippen LogP contribution in [-0.2, 0) is 19.9 Å². The molecular weight excluding hydrogens is 457 g/mol. The average molecular weight is 492 g/mol. The standard InChI is InChI=1S/C34H33FNO/c1-21-14-15-26-27-16-17-29(35)32(34(27)37-33(26)31(21)30-13-7-8-18-36(30)2)24-19-23-11-5-6-12-25(23)28(20-24)22-9-3-4-10-22/h7-8,13-20,22H,3-6,9-12H2,1-2H3/q+1/i22D. The normalized spacial score (nSPS) is 17.3. The van der Waals surface area contributed by atoms with Crippen LogP contribution in [0.15, 0.2) is 65.2 Å². The summed E-state index contributed by atoms with van der Waals surface area (Å²) in [4.78, 5) is 0. The quantitative estimate of drug-likeness (QED) is 0.231. The van der Waals surface area contributed by atoms with Crippen molar-refractivity contribution in [1.29, 1.82) is 0 Å². The van der Waals surface area contributed by atoms with E-state index in [1.165, 1.54) is 17.5 Å². The number of pyridine rings is 1. The van der Waals surface area contributed by atoms with E-state index in [0.29, 0.717) is 11.1 Å². The SMILES string of the molecule is [2H]C1(c2cc(-c3c(F)ccc4c3oc3c(-c5cccc[n+]5C)c(C)ccc34)cc3c2CCCC3)CCCC1. The molecule has 2 heterocycles. The fourth-order valence-electron chi connectivity index (χ4n) is 6.75. The topological polar surface area (TPSA) is 17.0 Å². The molecule has 7 rings (SSSR count). The van der Waals surface area contributed by atoms with Gasteiger partial charge in [0.2, 0.25) is 5.69 Å². The maximum atomic E-state index is 15.8. The summed E-state index contributed by atoms with van der Waals surface area (Å²) in [6.07, 6.45) is 10.3. The van der Waals surface area contributed by atoms with Gasteiger partial charge in [-0.15, -0.1) is 0 Å². The number of furan rings is 1. The summed E-state index contributed by atoms with van der Waals surface area (Å²) in [6, 6.07) is 18.1. The zero-order chi connectivity index (χ0) is 26.0. The van der Waals surface area contributed by atoms with Gasteiger partial charge >= 0.3 is 0 Å². The third-order valence-corrected chi connectivity index (χ3v) is 8.62. The summed E-state index contributed by atoms with van der Waals surface area (Å²) in [5.74, 6) is -0.838. The number of hydrogen-bond donors (Lipinski definition) is 0. The lowest BCUT2D eigenvalue weighted by molar-refractivity contribution is -0.660. The first-order valence-electron chi connectivity index (χ1n) is 14.2. The van der Waals surface area contributed by atoms with Gasteiger partial charge in [0.25, 0.3) is 0 Å². The van der Waals surface area contributed by atoms with Crippen LogP contribution in [0.1, 0.15) is 68.0 Å². The van der Waals surface area contributed by atoms with Crippen molar-refractivity contribution < 1.29 is 14.7 Å². The van der Waals surface area contributed by atoms with Gasteiger partial charge in [0, 0.05) is 24.3 Å². The molecule has 2 nitrogen and oxygen atoms in total. The van der Waals surface area contributed by atoms with Gasteiger partial charge < -0.3 is 4.42 Å². The predicted molar refractivity (Wildman–Crippen MR) is 148 cm³/mol. The number of benzene rings is 3. The third kappa shape index (κ3) is 3.62. The van der Waals surface area contributed by atoms with Crippen molar-refractivity contribution in [3.05, 3.63) is 88.9 Å². The maximum absolute atomic E-state index is 15.8. The molecule has 2 aliphatic rings. The molecule has 0 saturated heterocycles. The molecule has 3 aromatic carbocycles. The molecule has 1 fully saturated rings. The predicted octanol–water partition coefficient (Wildman–Crippen LogP) is 8.73. The molecule has 0 amide bonds. The second kappa shape index (κ2) is 8.83. The van der Waals surface area contributed by atoms with Gasteiger partial charge in [-0.1, -0.05) is 37.1 Å². The lowest BCUT2D eigenvalue weighted by Gasteiger charge is -2.24. The summed E-state index contributed by atoms with van der Waals surface area (Å²) in [5.41, 5.74) is 9.75. The highest BCUT2D eigenvalue weighted by atomic mass is 19.1. The van der Waals surface area contributed by atoms with Crippen LogP contribution in [-0.4, -0.2) is 0 Å². The number of aromatic nitrogens is 1. The van der Waals surface area contributed by atoms with Crippen molar-refractivity contribution in [3.63, 3.8) is 0 Å². The maximum Gasteiger partial charge on any atom is 0.216 e. The van der Waals surface area contributed by atoms with Crippen LogP contribution in [0, 0.1) is 12.7 Å². The summed E-state index contributed by atoms with van der Waals surface area (Å²) in [7, 11) is 2.04. The molecule has 0 N–H and O–H groups in total. The molecule has 2 aromatic heterocycles.